The lowest BCUT2D eigenvalue weighted by Gasteiger charge is -2.11. The van der Waals surface area contributed by atoms with Crippen LogP contribution in [-0.2, 0) is 130 Å². The fraction of sp³-hybridized carbons (Fsp3) is 0.168. The molecule has 9 aromatic heterocycles. The predicted molar refractivity (Wildman–Crippen MR) is 569 cm³/mol. The molecule has 0 spiro atoms. The number of fused-ring (bicyclic) bond motifs is 17. The second kappa shape index (κ2) is 41.1. The monoisotopic (exact) mass is 1990 g/mol. The van der Waals surface area contributed by atoms with Gasteiger partial charge in [0, 0.05) is 137 Å². The van der Waals surface area contributed by atoms with Crippen molar-refractivity contribution in [1.82, 2.24) is 48.9 Å². The highest BCUT2D eigenvalue weighted by molar-refractivity contribution is 6.31. The summed E-state index contributed by atoms with van der Waals surface area (Å²) in [7, 11) is 7.88. The molecule has 0 atom stereocenters. The Morgan fingerprint density at radius 1 is 0.270 bits per heavy atom. The number of hydrogen-bond donors (Lipinski definition) is 1. The molecule has 738 valence electrons. The largest absolute Gasteiger partial charge is 0.507 e. The molecule has 0 saturated carbocycles. The van der Waals surface area contributed by atoms with E-state index in [4.69, 9.17) is 29.3 Å². The van der Waals surface area contributed by atoms with Gasteiger partial charge in [-0.05, 0) is 176 Å². The smallest absolute Gasteiger partial charge is 0.417 e. The number of nitrogens with zero attached hydrogens (tertiary/aromatic N) is 10. The fourth-order valence-electron chi connectivity index (χ4n) is 19.3. The van der Waals surface area contributed by atoms with Crippen molar-refractivity contribution in [1.29, 1.82) is 0 Å². The van der Waals surface area contributed by atoms with Crippen LogP contribution in [0.1, 0.15) is 84.1 Å². The lowest BCUT2D eigenvalue weighted by molar-refractivity contribution is -0.137. The molecule has 148 heavy (non-hydrogen) atoms. The highest BCUT2D eigenvalue weighted by Crippen LogP contribution is 2.39. The number of Topliss-reactive ketones (excluding diaryl/α,β-unsaturated/α-hetero) is 5. The molecular formula is C119H94ClF3N10O15. The van der Waals surface area contributed by atoms with E-state index in [1.165, 1.54) is 45.0 Å². The highest BCUT2D eigenvalue weighted by Gasteiger charge is 2.34. The SMILES string of the molecule is Cc1ccc2c(=O)n(C)nc(CC(=O)Cc3ccc4oc5ccccc5c4c3)c2c1.Cc1ccc2c(CC(=O)Cc3ccc4oc5ccccc5c4c3)nn(C)c(=O)c2c1.Cc1cccc2c(CC(=O)Cc3ccc(Cl)c(C(F)(F)F)c3)nn(C)c(=O)c12.Cc1cccc2c(CC(=O)Cc3ccc4oc5ccccc5c4c3)nn(C)c(=O)c12.Cn1nc(CC(=O)Cc2ccc3oc4ccccc4c3c2)c2cccc(O)c2c1=O. The minimum absolute atomic E-state index is 0.0297. The van der Waals surface area contributed by atoms with E-state index in [2.05, 4.69) is 25.5 Å². The molecule has 0 bridgehead atoms. The van der Waals surface area contributed by atoms with Crippen LogP contribution in [-0.4, -0.2) is 82.9 Å². The summed E-state index contributed by atoms with van der Waals surface area (Å²) >= 11 is 5.61. The van der Waals surface area contributed by atoms with Gasteiger partial charge in [0.2, 0.25) is 0 Å². The Kier molecular flexibility index (Phi) is 27.5. The van der Waals surface area contributed by atoms with Gasteiger partial charge in [0.1, 0.15) is 79.3 Å². The van der Waals surface area contributed by atoms with Gasteiger partial charge in [-0.2, -0.15) is 38.7 Å². The molecule has 23 aromatic rings. The van der Waals surface area contributed by atoms with Crippen molar-refractivity contribution in [3.8, 4) is 5.75 Å². The summed E-state index contributed by atoms with van der Waals surface area (Å²) in [5, 5.41) is 45.2. The van der Waals surface area contributed by atoms with E-state index in [1.54, 1.807) is 64.5 Å². The van der Waals surface area contributed by atoms with E-state index in [9.17, 15) is 66.2 Å². The molecule has 23 rings (SSSR count). The van der Waals surface area contributed by atoms with Gasteiger partial charge in [-0.1, -0.05) is 193 Å². The summed E-state index contributed by atoms with van der Waals surface area (Å²) < 4.78 is 68.7. The van der Waals surface area contributed by atoms with Gasteiger partial charge in [0.15, 0.2) is 0 Å². The van der Waals surface area contributed by atoms with Gasteiger partial charge in [0.05, 0.1) is 98.1 Å². The van der Waals surface area contributed by atoms with Crippen molar-refractivity contribution in [2.75, 3.05) is 0 Å². The van der Waals surface area contributed by atoms with Crippen molar-refractivity contribution >= 4 is 182 Å². The number of phenols is 1. The lowest BCUT2D eigenvalue weighted by Crippen LogP contribution is -2.23. The van der Waals surface area contributed by atoms with Crippen LogP contribution in [0.4, 0.5) is 13.2 Å². The van der Waals surface area contributed by atoms with Crippen LogP contribution in [0.3, 0.4) is 0 Å². The quantitative estimate of drug-likeness (QED) is 0.0740. The van der Waals surface area contributed by atoms with Crippen molar-refractivity contribution in [2.24, 2.45) is 35.2 Å². The van der Waals surface area contributed by atoms with Crippen molar-refractivity contribution in [3.05, 3.63) is 420 Å². The first-order valence-corrected chi connectivity index (χ1v) is 48.0. The van der Waals surface area contributed by atoms with Gasteiger partial charge < -0.3 is 22.8 Å². The first-order chi connectivity index (χ1) is 71.1. The molecule has 0 aliphatic rings. The van der Waals surface area contributed by atoms with E-state index >= 15 is 0 Å². The lowest BCUT2D eigenvalue weighted by atomic mass is 10.00. The molecule has 9 heterocycles. The molecule has 0 radical (unpaired) electrons. The van der Waals surface area contributed by atoms with Crippen LogP contribution < -0.4 is 27.8 Å². The third kappa shape index (κ3) is 20.6. The number of furan rings is 4. The number of phenolic OH excluding ortho intramolecular Hbond substituents is 1. The van der Waals surface area contributed by atoms with Crippen molar-refractivity contribution < 1.29 is 59.9 Å². The van der Waals surface area contributed by atoms with Crippen LogP contribution in [0.2, 0.25) is 5.02 Å². The second-order valence-electron chi connectivity index (χ2n) is 37.2. The topological polar surface area (TPSA) is 333 Å². The summed E-state index contributed by atoms with van der Waals surface area (Å²) in [6.45, 7) is 7.61. The predicted octanol–water partition coefficient (Wildman–Crippen LogP) is 21.6. The standard InChI is InChI=1S/3C25H20N2O3.C24H18N2O4.C20H16ClF3N2O2/c1-15-6-5-8-19-21(26-27(2)25(29)24(15)19)14-17(28)12-16-10-11-23-20(13-16)18-7-3-4-9-22(18)30-23;1-15-7-9-18-21(11-15)25(29)27(2)26-22(18)14-17(28)12-16-8-10-24-20(13-16)19-5-3-4-6-23(19)30-24;1-15-7-9-19-20(11-15)22(26-27(2)25(19)29)14-17(28)12-16-8-10-24-21(13-16)18-5-3-4-6-23(18)30-24;1-26-24(29)23-17(6-4-7-20(23)28)19(25-26)13-15(27)11-14-9-10-22-18(12-14)16-5-2-3-8-21(16)30-22;1-11-4-3-5-14-17(25-26(2)19(28)18(11)14)10-13(27)8-12-6-7-16(21)15(9-12)20(22,23)24/h3*3-11,13H,12,14H2,1-2H3;2-10,12,28H,11,13H2,1H3;3-7,9H,8,10H2,1-2H3. The number of benzene rings is 14. The number of para-hydroxylation sites is 4. The summed E-state index contributed by atoms with van der Waals surface area (Å²) in [5.41, 5.74) is 14.9. The highest BCUT2D eigenvalue weighted by atomic mass is 35.5. The summed E-state index contributed by atoms with van der Waals surface area (Å²) in [6.07, 6.45) is -3.15. The number of alkyl halides is 3. The third-order valence-corrected chi connectivity index (χ3v) is 26.7. The van der Waals surface area contributed by atoms with E-state index in [0.717, 1.165) is 165 Å². The first kappa shape index (κ1) is 99.0. The molecule has 29 heteroatoms. The first-order valence-electron chi connectivity index (χ1n) is 47.7. The van der Waals surface area contributed by atoms with E-state index in [-0.39, 0.29) is 113 Å². The van der Waals surface area contributed by atoms with Gasteiger partial charge in [-0.15, -0.1) is 0 Å². The fourth-order valence-corrected chi connectivity index (χ4v) is 19.5. The summed E-state index contributed by atoms with van der Waals surface area (Å²) in [6, 6.07) is 85.3. The molecule has 0 fully saturated rings. The molecule has 0 saturated heterocycles. The van der Waals surface area contributed by atoms with Crippen molar-refractivity contribution in [3.63, 3.8) is 0 Å². The number of carbonyl (C=O) groups excluding carboxylic acids is 5. The maximum absolute atomic E-state index is 13.0. The van der Waals surface area contributed by atoms with Crippen LogP contribution >= 0.6 is 11.6 Å². The number of aromatic nitrogens is 10. The van der Waals surface area contributed by atoms with Crippen molar-refractivity contribution in [2.45, 2.75) is 98.1 Å². The molecule has 0 aliphatic carbocycles. The zero-order valence-electron chi connectivity index (χ0n) is 81.8. The number of aryl methyl sites for hydroxylation is 9. The number of rotatable bonds is 20. The Balaban J connectivity index is 0.000000116. The van der Waals surface area contributed by atoms with Gasteiger partial charge in [-0.3, -0.25) is 47.9 Å². The number of carbonyl (C=O) groups is 5. The molecule has 0 aliphatic heterocycles. The average molecular weight is 2000 g/mol. The maximum atomic E-state index is 13.0. The Bertz CT molecular complexity index is 9320. The minimum Gasteiger partial charge on any atom is -0.507 e. The number of hydrogen-bond acceptors (Lipinski definition) is 20. The molecule has 0 unspecified atom stereocenters. The zero-order valence-corrected chi connectivity index (χ0v) is 82.5. The number of ketones is 5. The Labute approximate surface area is 844 Å². The minimum atomic E-state index is -4.59. The van der Waals surface area contributed by atoms with Crippen LogP contribution in [0.15, 0.2) is 321 Å². The number of halogens is 4. The van der Waals surface area contributed by atoms with E-state index in [0.29, 0.717) is 80.0 Å². The van der Waals surface area contributed by atoms with Gasteiger partial charge in [0.25, 0.3) is 27.8 Å². The van der Waals surface area contributed by atoms with Gasteiger partial charge >= 0.3 is 6.18 Å². The Hall–Kier alpha value is -17.8. The Morgan fingerprint density at radius 2 is 0.541 bits per heavy atom. The van der Waals surface area contributed by atoms with Crippen LogP contribution in [0, 0.1) is 27.7 Å². The van der Waals surface area contributed by atoms with Gasteiger partial charge in [-0.25, -0.2) is 23.4 Å². The van der Waals surface area contributed by atoms with E-state index < -0.39 is 22.3 Å². The zero-order chi connectivity index (χ0) is 104. The second-order valence-corrected chi connectivity index (χ2v) is 37.6. The summed E-state index contributed by atoms with van der Waals surface area (Å²) in [5.74, 6) is -0.300. The van der Waals surface area contributed by atoms with Crippen LogP contribution in [0.25, 0.3) is 142 Å². The molecule has 0 amide bonds. The maximum Gasteiger partial charge on any atom is 0.417 e. The molecule has 25 nitrogen and oxygen atoms in total. The Morgan fingerprint density at radius 3 is 0.899 bits per heavy atom. The summed E-state index contributed by atoms with van der Waals surface area (Å²) in [4.78, 5) is 126. The van der Waals surface area contributed by atoms with Crippen LogP contribution in [0.5, 0.6) is 5.75 Å². The molecule has 1 N–H and O–H groups in total. The average Bonchev–Trinajstić information content (AvgIpc) is 1.69. The normalized spacial score (nSPS) is 11.6. The third-order valence-electron chi connectivity index (χ3n) is 26.3. The van der Waals surface area contributed by atoms with E-state index in [1.807, 2.05) is 239 Å². The molecular weight excluding hydrogens is 1900 g/mol. The number of aromatic hydroxyl groups is 1. The molecule has 14 aromatic carbocycles.